The van der Waals surface area contributed by atoms with Gasteiger partial charge in [-0.3, -0.25) is 4.79 Å². The lowest BCUT2D eigenvalue weighted by Gasteiger charge is -2.24. The van der Waals surface area contributed by atoms with Crippen LogP contribution in [0.3, 0.4) is 0 Å². The summed E-state index contributed by atoms with van der Waals surface area (Å²) >= 11 is 0. The maximum Gasteiger partial charge on any atom is 0.230 e. The third-order valence-electron chi connectivity index (χ3n) is 5.11. The topological polar surface area (TPSA) is 55.1 Å². The molecule has 1 aromatic rings. The summed E-state index contributed by atoms with van der Waals surface area (Å²) < 4.78 is 0. The van der Waals surface area contributed by atoms with Gasteiger partial charge in [0, 0.05) is 11.7 Å². The Kier molecular flexibility index (Phi) is 3.45. The van der Waals surface area contributed by atoms with E-state index >= 15 is 0 Å². The quantitative estimate of drug-likeness (QED) is 0.828. The first-order chi connectivity index (χ1) is 9.62. The van der Waals surface area contributed by atoms with Gasteiger partial charge in [-0.1, -0.05) is 25.0 Å². The van der Waals surface area contributed by atoms with E-state index in [0.717, 1.165) is 24.1 Å². The highest BCUT2D eigenvalue weighted by molar-refractivity contribution is 5.91. The van der Waals surface area contributed by atoms with Gasteiger partial charge in [-0.15, -0.1) is 0 Å². The molecule has 2 aliphatic carbocycles. The highest BCUT2D eigenvalue weighted by Gasteiger charge is 2.51. The number of hydrogen-bond donors (Lipinski definition) is 2. The number of hydrogen-bond acceptors (Lipinski definition) is 2. The Morgan fingerprint density at radius 3 is 2.40 bits per heavy atom. The molecule has 20 heavy (non-hydrogen) atoms. The molecule has 0 radical (unpaired) electrons. The lowest BCUT2D eigenvalue weighted by Crippen LogP contribution is -2.43. The molecule has 3 nitrogen and oxygen atoms in total. The molecule has 0 aliphatic heterocycles. The van der Waals surface area contributed by atoms with Gasteiger partial charge in [0.1, 0.15) is 0 Å². The number of benzene rings is 1. The first-order valence-corrected chi connectivity index (χ1v) is 7.79. The Morgan fingerprint density at radius 1 is 1.25 bits per heavy atom. The van der Waals surface area contributed by atoms with Crippen LogP contribution in [0.4, 0.5) is 5.69 Å². The lowest BCUT2D eigenvalue weighted by atomic mass is 9.93. The highest BCUT2D eigenvalue weighted by Crippen LogP contribution is 2.48. The molecule has 1 unspecified atom stereocenters. The first-order valence-electron chi connectivity index (χ1n) is 7.79. The predicted molar refractivity (Wildman–Crippen MR) is 81.3 cm³/mol. The fourth-order valence-electron chi connectivity index (χ4n) is 3.49. The van der Waals surface area contributed by atoms with Crippen LogP contribution in [0.15, 0.2) is 24.3 Å². The van der Waals surface area contributed by atoms with Crippen molar-refractivity contribution in [2.45, 2.75) is 56.9 Å². The largest absolute Gasteiger partial charge is 0.399 e. The summed E-state index contributed by atoms with van der Waals surface area (Å²) in [5.41, 5.74) is 7.32. The molecule has 1 amide bonds. The van der Waals surface area contributed by atoms with E-state index in [-0.39, 0.29) is 11.3 Å². The van der Waals surface area contributed by atoms with Gasteiger partial charge in [-0.05, 0) is 56.2 Å². The zero-order valence-corrected chi connectivity index (χ0v) is 12.2. The minimum Gasteiger partial charge on any atom is -0.399 e. The number of anilines is 1. The summed E-state index contributed by atoms with van der Waals surface area (Å²) in [6.45, 7) is 2.16. The summed E-state index contributed by atoms with van der Waals surface area (Å²) in [4.78, 5) is 12.6. The number of nitrogens with one attached hydrogen (secondary N) is 1. The van der Waals surface area contributed by atoms with Crippen molar-refractivity contribution in [3.63, 3.8) is 0 Å². The fraction of sp³-hybridized carbons (Fsp3) is 0.588. The SMILES string of the molecule is CC(NC(=O)C1(c2ccc(N)cc2)CC1)C1CCCC1. The average molecular weight is 272 g/mol. The highest BCUT2D eigenvalue weighted by atomic mass is 16.2. The summed E-state index contributed by atoms with van der Waals surface area (Å²) in [6.07, 6.45) is 7.06. The van der Waals surface area contributed by atoms with Crippen molar-refractivity contribution in [1.82, 2.24) is 5.32 Å². The molecule has 1 aromatic carbocycles. The zero-order chi connectivity index (χ0) is 14.2. The van der Waals surface area contributed by atoms with Gasteiger partial charge in [0.05, 0.1) is 5.41 Å². The molecule has 1 atom stereocenters. The molecule has 3 heteroatoms. The van der Waals surface area contributed by atoms with E-state index in [2.05, 4.69) is 12.2 Å². The van der Waals surface area contributed by atoms with E-state index in [0.29, 0.717) is 12.0 Å². The average Bonchev–Trinajstić information content (AvgIpc) is 3.06. The minimum atomic E-state index is -0.277. The van der Waals surface area contributed by atoms with Crippen molar-refractivity contribution in [1.29, 1.82) is 0 Å². The van der Waals surface area contributed by atoms with Crippen LogP contribution in [0, 0.1) is 5.92 Å². The van der Waals surface area contributed by atoms with E-state index in [1.54, 1.807) is 0 Å². The second-order valence-corrected chi connectivity index (χ2v) is 6.51. The second kappa shape index (κ2) is 5.12. The Balaban J connectivity index is 1.68. The molecule has 2 saturated carbocycles. The summed E-state index contributed by atoms with van der Waals surface area (Å²) in [5.74, 6) is 0.878. The summed E-state index contributed by atoms with van der Waals surface area (Å²) in [7, 11) is 0. The molecule has 108 valence electrons. The second-order valence-electron chi connectivity index (χ2n) is 6.51. The Morgan fingerprint density at radius 2 is 1.85 bits per heavy atom. The van der Waals surface area contributed by atoms with E-state index in [4.69, 9.17) is 5.73 Å². The predicted octanol–water partition coefficient (Wildman–Crippen LogP) is 3.00. The molecule has 3 rings (SSSR count). The normalized spacial score (nSPS) is 22.4. The molecular formula is C17H24N2O. The molecule has 2 fully saturated rings. The summed E-state index contributed by atoms with van der Waals surface area (Å²) in [5, 5.41) is 3.27. The van der Waals surface area contributed by atoms with Crippen LogP contribution in [-0.2, 0) is 10.2 Å². The van der Waals surface area contributed by atoms with Crippen LogP contribution in [0.2, 0.25) is 0 Å². The lowest BCUT2D eigenvalue weighted by molar-refractivity contribution is -0.124. The first kappa shape index (κ1) is 13.5. The van der Waals surface area contributed by atoms with Gasteiger partial charge in [0.2, 0.25) is 5.91 Å². The number of nitrogens with two attached hydrogens (primary N) is 1. The molecule has 0 aromatic heterocycles. The van der Waals surface area contributed by atoms with Gasteiger partial charge in [-0.25, -0.2) is 0 Å². The van der Waals surface area contributed by atoms with Crippen LogP contribution in [-0.4, -0.2) is 11.9 Å². The van der Waals surface area contributed by atoms with Gasteiger partial charge in [0.15, 0.2) is 0 Å². The number of nitrogen functional groups attached to an aromatic ring is 1. The van der Waals surface area contributed by atoms with Crippen molar-refractivity contribution in [3.8, 4) is 0 Å². The molecule has 0 bridgehead atoms. The minimum absolute atomic E-state index is 0.210. The van der Waals surface area contributed by atoms with Crippen molar-refractivity contribution in [2.24, 2.45) is 5.92 Å². The smallest absolute Gasteiger partial charge is 0.230 e. The van der Waals surface area contributed by atoms with Gasteiger partial charge >= 0.3 is 0 Å². The monoisotopic (exact) mass is 272 g/mol. The van der Waals surface area contributed by atoms with Crippen LogP contribution < -0.4 is 11.1 Å². The zero-order valence-electron chi connectivity index (χ0n) is 12.2. The van der Waals surface area contributed by atoms with Crippen molar-refractivity contribution in [3.05, 3.63) is 29.8 Å². The van der Waals surface area contributed by atoms with Gasteiger partial charge < -0.3 is 11.1 Å². The number of amides is 1. The molecule has 2 aliphatic rings. The Labute approximate surface area is 120 Å². The molecule has 0 heterocycles. The third kappa shape index (κ3) is 2.41. The van der Waals surface area contributed by atoms with E-state index in [1.807, 2.05) is 24.3 Å². The maximum absolute atomic E-state index is 12.6. The molecule has 0 spiro atoms. The van der Waals surface area contributed by atoms with Crippen molar-refractivity contribution >= 4 is 11.6 Å². The number of carbonyl (C=O) groups excluding carboxylic acids is 1. The van der Waals surface area contributed by atoms with Crippen LogP contribution in [0.25, 0.3) is 0 Å². The standard InChI is InChI=1S/C17H24N2O/c1-12(13-4-2-3-5-13)19-16(20)17(10-11-17)14-6-8-15(18)9-7-14/h6-9,12-13H,2-5,10-11,18H2,1H3,(H,19,20). The van der Waals surface area contributed by atoms with E-state index in [1.165, 1.54) is 25.7 Å². The van der Waals surface area contributed by atoms with Crippen LogP contribution >= 0.6 is 0 Å². The molecule has 3 N–H and O–H groups in total. The third-order valence-corrected chi connectivity index (χ3v) is 5.11. The van der Waals surface area contributed by atoms with Crippen molar-refractivity contribution < 1.29 is 4.79 Å². The van der Waals surface area contributed by atoms with E-state index < -0.39 is 0 Å². The number of rotatable bonds is 4. The Bertz CT molecular complexity index is 484. The fourth-order valence-corrected chi connectivity index (χ4v) is 3.49. The summed E-state index contributed by atoms with van der Waals surface area (Å²) in [6, 6.07) is 8.09. The van der Waals surface area contributed by atoms with Gasteiger partial charge in [0.25, 0.3) is 0 Å². The van der Waals surface area contributed by atoms with E-state index in [9.17, 15) is 4.79 Å². The number of carbonyl (C=O) groups is 1. The van der Waals surface area contributed by atoms with Crippen LogP contribution in [0.5, 0.6) is 0 Å². The van der Waals surface area contributed by atoms with Crippen LogP contribution in [0.1, 0.15) is 51.0 Å². The van der Waals surface area contributed by atoms with Crippen molar-refractivity contribution in [2.75, 3.05) is 5.73 Å². The maximum atomic E-state index is 12.6. The molecular weight excluding hydrogens is 248 g/mol. The van der Waals surface area contributed by atoms with Gasteiger partial charge in [-0.2, -0.15) is 0 Å². The molecule has 0 saturated heterocycles. The Hall–Kier alpha value is -1.51.